The highest BCUT2D eigenvalue weighted by Gasteiger charge is 2.68. The molecule has 0 aliphatic rings. The van der Waals surface area contributed by atoms with Crippen molar-refractivity contribution < 1.29 is 97.1 Å². The summed E-state index contributed by atoms with van der Waals surface area (Å²) in [7, 11) is -59.2. The molecule has 2 atom stereocenters. The van der Waals surface area contributed by atoms with Gasteiger partial charge in [-0.05, 0) is 0 Å². The van der Waals surface area contributed by atoms with Crippen LogP contribution in [0, 0.1) is 0 Å². The van der Waals surface area contributed by atoms with Crippen molar-refractivity contribution in [2.75, 3.05) is 0 Å². The van der Waals surface area contributed by atoms with Crippen molar-refractivity contribution in [3.63, 3.8) is 0 Å². The lowest BCUT2D eigenvalue weighted by atomic mass is 15.6. The Bertz CT molecular complexity index is 998. The van der Waals surface area contributed by atoms with Crippen LogP contribution in [0.4, 0.5) is 0 Å². The fraction of sp³-hybridized carbons (Fsp3) is 0. The Morgan fingerprint density at radius 1 is 0.415 bits per heavy atom. The number of rotatable bonds is 24. The van der Waals surface area contributed by atoms with Gasteiger partial charge in [-0.15, -0.1) is 0 Å². The van der Waals surface area contributed by atoms with Gasteiger partial charge in [-0.2, -0.15) is 0 Å². The average Bonchev–Trinajstić information content (AvgIpc) is 2.97. The number of hydrogen-bond acceptors (Lipinski definition) is 22. The highest BCUT2D eigenvalue weighted by molar-refractivity contribution is 7.63. The molecular weight excluding hydrogens is 886 g/mol. The predicted molar refractivity (Wildman–Crippen MR) is 153 cm³/mol. The van der Waals surface area contributed by atoms with Crippen LogP contribution in [0.2, 0.25) is 0 Å². The van der Waals surface area contributed by atoms with Crippen LogP contribution in [-0.2, 0) is 77.9 Å². The van der Waals surface area contributed by atoms with E-state index in [0.717, 1.165) is 0 Å². The normalized spacial score (nSPS) is 15.7. The van der Waals surface area contributed by atoms with Crippen molar-refractivity contribution in [2.45, 2.75) is 0 Å². The van der Waals surface area contributed by atoms with Crippen molar-refractivity contribution >= 4 is 164 Å². The third-order valence-corrected chi connectivity index (χ3v) is 72.7. The monoisotopic (exact) mass is 902 g/mol. The van der Waals surface area contributed by atoms with Crippen LogP contribution in [0.1, 0.15) is 0 Å². The van der Waals surface area contributed by atoms with Gasteiger partial charge < -0.3 is 97.1 Å². The molecule has 41 heteroatoms. The van der Waals surface area contributed by atoms with Crippen LogP contribution in [0.15, 0.2) is 0 Å². The first-order chi connectivity index (χ1) is 19.0. The summed E-state index contributed by atoms with van der Waals surface area (Å²) < 4.78 is 169. The third-order valence-electron chi connectivity index (χ3n) is 3.96. The van der Waals surface area contributed by atoms with Gasteiger partial charge in [-0.25, -0.2) is 0 Å². The maximum Gasteiger partial charge on any atom is 0.663 e. The average molecular weight is 904 g/mol. The van der Waals surface area contributed by atoms with Crippen molar-refractivity contribution in [1.29, 1.82) is 0 Å². The van der Waals surface area contributed by atoms with E-state index in [-0.39, 0.29) is 10.5 Å². The first-order valence-corrected chi connectivity index (χ1v) is 48.2. The number of hydrogen-bond donors (Lipinski definition) is 4. The summed E-state index contributed by atoms with van der Waals surface area (Å²) in [5.41, 5.74) is 0. The van der Waals surface area contributed by atoms with Crippen LogP contribution in [0.25, 0.3) is 0 Å². The van der Waals surface area contributed by atoms with Gasteiger partial charge in [-0.1, -0.05) is 0 Å². The topological polar surface area (TPSA) is 333 Å². The molecule has 0 rings (SSSR count). The zero-order valence-corrected chi connectivity index (χ0v) is 41.7. The summed E-state index contributed by atoms with van der Waals surface area (Å²) in [4.78, 5) is 39.5. The van der Waals surface area contributed by atoms with Gasteiger partial charge in [0.05, 0.1) is 0 Å². The van der Waals surface area contributed by atoms with Crippen LogP contribution in [-0.4, -0.2) is 183 Å². The van der Waals surface area contributed by atoms with Gasteiger partial charge in [-0.3, -0.25) is 0 Å². The second kappa shape index (κ2) is 18.0. The Balaban J connectivity index is 7.59. The molecule has 0 amide bonds. The molecule has 0 aliphatic heterocycles. The maximum atomic E-state index is 12.6. The van der Waals surface area contributed by atoms with Crippen molar-refractivity contribution in [3.05, 3.63) is 0 Å². The summed E-state index contributed by atoms with van der Waals surface area (Å²) >= 11 is 0. The van der Waals surface area contributed by atoms with Crippen molar-refractivity contribution in [1.82, 2.24) is 0 Å². The zero-order valence-electron chi connectivity index (χ0n) is 20.0. The molecule has 0 saturated heterocycles. The molecule has 41 heavy (non-hydrogen) atoms. The summed E-state index contributed by atoms with van der Waals surface area (Å²) in [5.74, 6) is 0. The molecule has 22 nitrogen and oxygen atoms in total. The van der Waals surface area contributed by atoms with Crippen LogP contribution in [0.3, 0.4) is 0 Å². The molecule has 226 valence electrons. The molecule has 4 N–H and O–H groups in total. The SMILES string of the molecule is O=[SiH][Si](O[Si](O[Si](O)(O)O)(O[Si](O[Si]([SiH]=O)([SiH]=O)[SiH]=O)([SiH]=O)[SiH]=O)[SiH]=O)(O[Si](O)([SiH]=O)[SiH]=O)O[Si](O[SiH3])([SiH]=O)[SiH]=O. The van der Waals surface area contributed by atoms with Gasteiger partial charge in [0.2, 0.25) is 0 Å². The highest BCUT2D eigenvalue weighted by Crippen LogP contribution is 2.25. The molecule has 0 aromatic rings. The summed E-state index contributed by atoms with van der Waals surface area (Å²) in [6.45, 7) is -4.24. The van der Waals surface area contributed by atoms with Crippen LogP contribution in [0.5, 0.6) is 0 Å². The minimum atomic E-state index is -6.01. The van der Waals surface area contributed by atoms with Crippen LogP contribution < -0.4 is 0 Å². The Kier molecular flexibility index (Phi) is 18.6. The minimum absolute atomic E-state index is 0.323. The molecule has 0 saturated carbocycles. The lowest BCUT2D eigenvalue weighted by molar-refractivity contribution is 0.0865. The molecule has 0 aliphatic carbocycles. The fourth-order valence-electron chi connectivity index (χ4n) is 2.20. The molecule has 0 radical (unpaired) electrons. The van der Waals surface area contributed by atoms with Crippen molar-refractivity contribution in [3.8, 4) is 0 Å². The van der Waals surface area contributed by atoms with Gasteiger partial charge >= 0.3 is 127 Å². The van der Waals surface area contributed by atoms with Gasteiger partial charge in [0.1, 0.15) is 10.5 Å². The van der Waals surface area contributed by atoms with E-state index in [1.54, 1.807) is 0 Å². The lowest BCUT2D eigenvalue weighted by Gasteiger charge is -2.40. The van der Waals surface area contributed by atoms with Crippen LogP contribution >= 0.6 is 0 Å². The van der Waals surface area contributed by atoms with Gasteiger partial charge in [0.15, 0.2) is 0 Å². The molecule has 0 bridgehead atoms. The molecular formula is H18O22Si19. The second-order valence-corrected chi connectivity index (χ2v) is 72.5. The molecule has 2 unspecified atom stereocenters. The zero-order chi connectivity index (χ0) is 32.2. The largest absolute Gasteiger partial charge is 0.663 e. The minimum Gasteiger partial charge on any atom is -0.442 e. The first kappa shape index (κ1) is 42.5. The first-order valence-electron chi connectivity index (χ1n) is 9.72. The Labute approximate surface area is 259 Å². The molecule has 0 aromatic carbocycles. The molecule has 0 aromatic heterocycles. The lowest BCUT2D eigenvalue weighted by Crippen LogP contribution is -2.76. The van der Waals surface area contributed by atoms with E-state index < -0.39 is 154 Å². The van der Waals surface area contributed by atoms with E-state index in [9.17, 15) is 68.3 Å². The predicted octanol–water partition coefficient (Wildman–Crippen LogP) is -15.0. The summed E-state index contributed by atoms with van der Waals surface area (Å²) in [6.07, 6.45) is 0. The fourth-order valence-corrected chi connectivity index (χ4v) is 78.1. The molecule has 0 fully saturated rings. The van der Waals surface area contributed by atoms with Gasteiger partial charge in [0.25, 0.3) is 26.8 Å². The van der Waals surface area contributed by atoms with E-state index in [4.69, 9.17) is 24.7 Å². The maximum absolute atomic E-state index is 12.6. The molecule has 0 heterocycles. The van der Waals surface area contributed by atoms with E-state index in [2.05, 4.69) is 4.12 Å². The highest BCUT2D eigenvalue weighted by atomic mass is 29.9. The molecule has 0 spiro atoms. The third kappa shape index (κ3) is 12.0. The van der Waals surface area contributed by atoms with E-state index >= 15 is 0 Å². The summed E-state index contributed by atoms with van der Waals surface area (Å²) in [6, 6.07) is 0. The smallest absolute Gasteiger partial charge is 0.442 e. The Morgan fingerprint density at radius 2 is 0.805 bits per heavy atom. The Hall–Kier alpha value is 1.48. The van der Waals surface area contributed by atoms with Crippen molar-refractivity contribution in [2.24, 2.45) is 0 Å². The van der Waals surface area contributed by atoms with E-state index in [1.165, 1.54) is 0 Å². The van der Waals surface area contributed by atoms with E-state index in [1.807, 2.05) is 0 Å². The quantitative estimate of drug-likeness (QED) is 0.0654. The van der Waals surface area contributed by atoms with Gasteiger partial charge in [0, 0.05) is 0 Å². The summed E-state index contributed by atoms with van der Waals surface area (Å²) in [5, 5.41) is 0. The Morgan fingerprint density at radius 3 is 1.10 bits per heavy atom. The standard InChI is InChI=1S/H18O22Si19/c1-24-36(15,25-2)18-38(27-4,20-39(16-23,28-5)29-6)19-37(26-3,17-35(12,13)14)21-40(30-7,31-8)22-41(32-9,33-10)34-11/h12-15,24-34H,23H3. The second-order valence-electron chi connectivity index (χ2n) is 6.94. The van der Waals surface area contributed by atoms with E-state index in [0.29, 0.717) is 0 Å².